The first-order valence-corrected chi connectivity index (χ1v) is 8.47. The molecule has 1 aromatic heterocycles. The maximum absolute atomic E-state index is 12.6. The van der Waals surface area contributed by atoms with Crippen LogP contribution in [0.2, 0.25) is 0 Å². The first-order chi connectivity index (χ1) is 13.7. The van der Waals surface area contributed by atoms with Crippen molar-refractivity contribution in [3.05, 3.63) is 71.5 Å². The van der Waals surface area contributed by atoms with E-state index in [9.17, 15) is 18.0 Å². The van der Waals surface area contributed by atoms with Crippen molar-refractivity contribution in [1.29, 1.82) is 0 Å². The Morgan fingerprint density at radius 2 is 1.52 bits per heavy atom. The zero-order valence-corrected chi connectivity index (χ0v) is 15.4. The highest BCUT2D eigenvalue weighted by Crippen LogP contribution is 2.28. The number of hydrogen-bond acceptors (Lipinski definition) is 5. The lowest BCUT2D eigenvalue weighted by Gasteiger charge is -2.15. The van der Waals surface area contributed by atoms with Gasteiger partial charge in [-0.15, -0.1) is 13.2 Å². The Balaban J connectivity index is 1.83. The van der Waals surface area contributed by atoms with Gasteiger partial charge in [-0.25, -0.2) is 0 Å². The van der Waals surface area contributed by atoms with E-state index >= 15 is 0 Å². The van der Waals surface area contributed by atoms with E-state index < -0.39 is 18.0 Å². The molecule has 0 spiro atoms. The molecule has 0 aliphatic rings. The van der Waals surface area contributed by atoms with E-state index in [0.29, 0.717) is 17.1 Å². The number of nitrogens with zero attached hydrogens (tertiary/aromatic N) is 2. The molecule has 150 valence electrons. The van der Waals surface area contributed by atoms with Gasteiger partial charge in [-0.3, -0.25) is 4.79 Å². The molecular weight excluding hydrogens is 387 g/mol. The highest BCUT2D eigenvalue weighted by atomic mass is 19.4. The van der Waals surface area contributed by atoms with E-state index in [1.54, 1.807) is 38.1 Å². The number of carbonyl (C=O) groups excluding carboxylic acids is 1. The summed E-state index contributed by atoms with van der Waals surface area (Å²) >= 11 is 0. The second-order valence-electron chi connectivity index (χ2n) is 5.97. The molecule has 3 aromatic rings. The molecule has 0 radical (unpaired) electrons. The maximum Gasteiger partial charge on any atom is 0.573 e. The molecule has 3 rings (SSSR count). The number of ether oxygens (including phenoxy) is 2. The molecule has 29 heavy (non-hydrogen) atoms. The van der Waals surface area contributed by atoms with Gasteiger partial charge in [-0.1, -0.05) is 30.3 Å². The van der Waals surface area contributed by atoms with E-state index in [1.807, 2.05) is 6.07 Å². The highest BCUT2D eigenvalue weighted by Gasteiger charge is 2.33. The van der Waals surface area contributed by atoms with Crippen molar-refractivity contribution < 1.29 is 27.4 Å². The SMILES string of the molecule is Cc1nc(Oc2ccccc2)nc(C)c1NC(=O)c1ccccc1OC(F)(F)F. The fraction of sp³-hybridized carbons (Fsp3) is 0.150. The van der Waals surface area contributed by atoms with Crippen LogP contribution in [0.25, 0.3) is 0 Å². The highest BCUT2D eigenvalue weighted by molar-refractivity contribution is 6.06. The lowest BCUT2D eigenvalue weighted by Crippen LogP contribution is -2.21. The fourth-order valence-electron chi connectivity index (χ4n) is 2.55. The largest absolute Gasteiger partial charge is 0.573 e. The molecule has 0 atom stereocenters. The van der Waals surface area contributed by atoms with E-state index in [2.05, 4.69) is 20.0 Å². The Hall–Kier alpha value is -3.62. The molecule has 0 bridgehead atoms. The molecule has 0 saturated carbocycles. The average Bonchev–Trinajstić information content (AvgIpc) is 2.64. The van der Waals surface area contributed by atoms with Crippen LogP contribution >= 0.6 is 0 Å². The number of alkyl halides is 3. The Morgan fingerprint density at radius 3 is 2.14 bits per heavy atom. The number of halogens is 3. The maximum atomic E-state index is 12.6. The van der Waals surface area contributed by atoms with Crippen LogP contribution in [-0.4, -0.2) is 22.2 Å². The molecule has 1 N–H and O–H groups in total. The lowest BCUT2D eigenvalue weighted by atomic mass is 10.1. The second-order valence-corrected chi connectivity index (χ2v) is 5.97. The van der Waals surface area contributed by atoms with Gasteiger partial charge >= 0.3 is 12.4 Å². The third kappa shape index (κ3) is 5.22. The standard InChI is InChI=1S/C20H16F3N3O3/c1-12-17(13(2)25-19(24-12)28-14-8-4-3-5-9-14)26-18(27)15-10-6-7-11-16(15)29-20(21,22)23/h3-11H,1-2H3,(H,26,27). The first-order valence-electron chi connectivity index (χ1n) is 8.47. The molecule has 0 unspecified atom stereocenters. The molecule has 1 heterocycles. The van der Waals surface area contributed by atoms with Crippen LogP contribution in [0.5, 0.6) is 17.5 Å². The number of carbonyl (C=O) groups is 1. The minimum atomic E-state index is -4.91. The van der Waals surface area contributed by atoms with Gasteiger partial charge in [-0.2, -0.15) is 9.97 Å². The van der Waals surface area contributed by atoms with Crippen molar-refractivity contribution in [1.82, 2.24) is 9.97 Å². The minimum Gasteiger partial charge on any atom is -0.424 e. The molecule has 6 nitrogen and oxygen atoms in total. The lowest BCUT2D eigenvalue weighted by molar-refractivity contribution is -0.274. The Morgan fingerprint density at radius 1 is 0.931 bits per heavy atom. The van der Waals surface area contributed by atoms with Gasteiger partial charge in [0.15, 0.2) is 0 Å². The minimum absolute atomic E-state index is 0.0880. The van der Waals surface area contributed by atoms with Gasteiger partial charge in [0.05, 0.1) is 22.6 Å². The van der Waals surface area contributed by atoms with Gasteiger partial charge in [0.25, 0.3) is 5.91 Å². The summed E-state index contributed by atoms with van der Waals surface area (Å²) in [7, 11) is 0. The predicted molar refractivity (Wildman–Crippen MR) is 99.1 cm³/mol. The van der Waals surface area contributed by atoms with Crippen molar-refractivity contribution in [2.45, 2.75) is 20.2 Å². The van der Waals surface area contributed by atoms with Crippen LogP contribution in [0.3, 0.4) is 0 Å². The second kappa shape index (κ2) is 8.17. The number of nitrogens with one attached hydrogen (secondary N) is 1. The van der Waals surface area contributed by atoms with Gasteiger partial charge in [0.1, 0.15) is 11.5 Å². The predicted octanol–water partition coefficient (Wildman–Crippen LogP) is 5.04. The van der Waals surface area contributed by atoms with Gasteiger partial charge in [-0.05, 0) is 38.1 Å². The van der Waals surface area contributed by atoms with E-state index in [4.69, 9.17) is 4.74 Å². The normalized spacial score (nSPS) is 11.1. The zero-order chi connectivity index (χ0) is 21.0. The summed E-state index contributed by atoms with van der Waals surface area (Å²) in [6, 6.07) is 14.1. The van der Waals surface area contributed by atoms with Crippen molar-refractivity contribution in [2.75, 3.05) is 5.32 Å². The molecule has 0 aliphatic carbocycles. The number of hydrogen-bond donors (Lipinski definition) is 1. The third-order valence-electron chi connectivity index (χ3n) is 3.80. The molecular formula is C20H16F3N3O3. The number of para-hydroxylation sites is 2. The number of amides is 1. The molecule has 9 heteroatoms. The van der Waals surface area contributed by atoms with Crippen molar-refractivity contribution in [3.63, 3.8) is 0 Å². The quantitative estimate of drug-likeness (QED) is 0.646. The number of benzene rings is 2. The Labute approximate surface area is 164 Å². The van der Waals surface area contributed by atoms with Crippen LogP contribution in [0.4, 0.5) is 18.9 Å². The van der Waals surface area contributed by atoms with Crippen LogP contribution in [0.1, 0.15) is 21.7 Å². The van der Waals surface area contributed by atoms with Crippen molar-refractivity contribution >= 4 is 11.6 Å². The van der Waals surface area contributed by atoms with Crippen molar-refractivity contribution in [2.24, 2.45) is 0 Å². The fourth-order valence-corrected chi connectivity index (χ4v) is 2.55. The van der Waals surface area contributed by atoms with Crippen molar-refractivity contribution in [3.8, 4) is 17.5 Å². The summed E-state index contributed by atoms with van der Waals surface area (Å²) in [6.45, 7) is 3.25. The topological polar surface area (TPSA) is 73.3 Å². The van der Waals surface area contributed by atoms with E-state index in [0.717, 1.165) is 6.07 Å². The number of aromatic nitrogens is 2. The summed E-state index contributed by atoms with van der Waals surface area (Å²) in [5.41, 5.74) is 0.794. The monoisotopic (exact) mass is 403 g/mol. The van der Waals surface area contributed by atoms with Gasteiger partial charge in [0, 0.05) is 0 Å². The summed E-state index contributed by atoms with van der Waals surface area (Å²) in [6.07, 6.45) is -4.91. The smallest absolute Gasteiger partial charge is 0.424 e. The van der Waals surface area contributed by atoms with Gasteiger partial charge < -0.3 is 14.8 Å². The van der Waals surface area contributed by atoms with E-state index in [-0.39, 0.29) is 17.3 Å². The summed E-state index contributed by atoms with van der Waals surface area (Å²) in [4.78, 5) is 21.0. The molecule has 0 fully saturated rings. The van der Waals surface area contributed by atoms with Gasteiger partial charge in [0.2, 0.25) is 0 Å². The van der Waals surface area contributed by atoms with Crippen LogP contribution in [-0.2, 0) is 0 Å². The number of aryl methyl sites for hydroxylation is 2. The molecule has 2 aromatic carbocycles. The molecule has 0 saturated heterocycles. The van der Waals surface area contributed by atoms with Crippen LogP contribution in [0, 0.1) is 13.8 Å². The third-order valence-corrected chi connectivity index (χ3v) is 3.80. The summed E-state index contributed by atoms with van der Waals surface area (Å²) in [5, 5.41) is 2.55. The molecule has 1 amide bonds. The zero-order valence-electron chi connectivity index (χ0n) is 15.4. The summed E-state index contributed by atoms with van der Waals surface area (Å²) < 4.78 is 47.2. The van der Waals surface area contributed by atoms with Crippen LogP contribution < -0.4 is 14.8 Å². The van der Waals surface area contributed by atoms with Crippen LogP contribution in [0.15, 0.2) is 54.6 Å². The Kier molecular flexibility index (Phi) is 5.67. The number of anilines is 1. The first kappa shape index (κ1) is 20.1. The summed E-state index contributed by atoms with van der Waals surface area (Å²) in [5.74, 6) is -0.838. The van der Waals surface area contributed by atoms with E-state index in [1.165, 1.54) is 18.2 Å². The average molecular weight is 403 g/mol. The molecule has 0 aliphatic heterocycles. The number of rotatable bonds is 5. The Bertz CT molecular complexity index is 1000.